The van der Waals surface area contributed by atoms with Gasteiger partial charge in [-0.25, -0.2) is 0 Å². The third kappa shape index (κ3) is 5.89. The van der Waals surface area contributed by atoms with E-state index in [-0.39, 0.29) is 24.8 Å². The number of rotatable bonds is 3. The molecule has 5 heteroatoms. The van der Waals surface area contributed by atoms with Crippen LogP contribution < -0.4 is 11.1 Å². The molecular formula is C13H21BrCl2N2. The van der Waals surface area contributed by atoms with Crippen LogP contribution in [-0.4, -0.2) is 12.1 Å². The molecule has 0 saturated heterocycles. The standard InChI is InChI=1S/C13H19BrN2.2ClH/c14-11-3-1-2-10(8-11)9-16-13-6-4-12(15)5-7-13;;/h1-3,8,12-13,16H,4-7,9,15H2;2*1H. The molecule has 0 amide bonds. The van der Waals surface area contributed by atoms with Gasteiger partial charge in [-0.1, -0.05) is 28.1 Å². The highest BCUT2D eigenvalue weighted by Crippen LogP contribution is 2.18. The number of halogens is 3. The zero-order valence-electron chi connectivity index (χ0n) is 10.3. The predicted molar refractivity (Wildman–Crippen MR) is 85.7 cm³/mol. The molecule has 0 unspecified atom stereocenters. The average Bonchev–Trinajstić information content (AvgIpc) is 2.28. The van der Waals surface area contributed by atoms with E-state index < -0.39 is 0 Å². The molecule has 1 fully saturated rings. The van der Waals surface area contributed by atoms with E-state index in [2.05, 4.69) is 45.5 Å². The Labute approximate surface area is 130 Å². The summed E-state index contributed by atoms with van der Waals surface area (Å²) in [6.45, 7) is 0.958. The molecule has 0 atom stereocenters. The van der Waals surface area contributed by atoms with E-state index in [9.17, 15) is 0 Å². The summed E-state index contributed by atoms with van der Waals surface area (Å²) in [5.41, 5.74) is 7.23. The van der Waals surface area contributed by atoms with Gasteiger partial charge < -0.3 is 11.1 Å². The SMILES string of the molecule is Cl.Cl.NC1CCC(NCc2cccc(Br)c2)CC1. The van der Waals surface area contributed by atoms with Crippen molar-refractivity contribution in [3.05, 3.63) is 34.3 Å². The zero-order valence-corrected chi connectivity index (χ0v) is 13.5. The van der Waals surface area contributed by atoms with Crippen molar-refractivity contribution in [3.63, 3.8) is 0 Å². The minimum atomic E-state index is 0. The third-order valence-electron chi connectivity index (χ3n) is 3.26. The highest BCUT2D eigenvalue weighted by Gasteiger charge is 2.17. The fourth-order valence-corrected chi connectivity index (χ4v) is 2.68. The average molecular weight is 356 g/mol. The highest BCUT2D eigenvalue weighted by atomic mass is 79.9. The first kappa shape index (κ1) is 18.2. The quantitative estimate of drug-likeness (QED) is 0.868. The molecule has 0 radical (unpaired) electrons. The summed E-state index contributed by atoms with van der Waals surface area (Å²) in [6, 6.07) is 9.55. The summed E-state index contributed by atoms with van der Waals surface area (Å²) in [5, 5.41) is 3.61. The highest BCUT2D eigenvalue weighted by molar-refractivity contribution is 9.10. The molecule has 0 bridgehead atoms. The Morgan fingerprint density at radius 3 is 2.44 bits per heavy atom. The summed E-state index contributed by atoms with van der Waals surface area (Å²) in [4.78, 5) is 0. The van der Waals surface area contributed by atoms with Crippen molar-refractivity contribution in [3.8, 4) is 0 Å². The number of hydrogen-bond acceptors (Lipinski definition) is 2. The smallest absolute Gasteiger partial charge is 0.0208 e. The van der Waals surface area contributed by atoms with Crippen LogP contribution in [0, 0.1) is 0 Å². The number of nitrogens with one attached hydrogen (secondary N) is 1. The molecule has 1 aliphatic carbocycles. The molecule has 1 saturated carbocycles. The molecule has 1 aromatic rings. The monoisotopic (exact) mass is 354 g/mol. The first-order valence-electron chi connectivity index (χ1n) is 5.97. The lowest BCUT2D eigenvalue weighted by atomic mass is 9.92. The van der Waals surface area contributed by atoms with E-state index in [0.29, 0.717) is 12.1 Å². The van der Waals surface area contributed by atoms with Crippen molar-refractivity contribution in [2.45, 2.75) is 44.3 Å². The van der Waals surface area contributed by atoms with Crippen molar-refractivity contribution < 1.29 is 0 Å². The summed E-state index contributed by atoms with van der Waals surface area (Å²) in [5.74, 6) is 0. The van der Waals surface area contributed by atoms with E-state index in [4.69, 9.17) is 5.73 Å². The van der Waals surface area contributed by atoms with Crippen LogP contribution >= 0.6 is 40.7 Å². The summed E-state index contributed by atoms with van der Waals surface area (Å²) < 4.78 is 1.15. The molecule has 0 aliphatic heterocycles. The minimum Gasteiger partial charge on any atom is -0.328 e. The van der Waals surface area contributed by atoms with Crippen molar-refractivity contribution >= 4 is 40.7 Å². The van der Waals surface area contributed by atoms with E-state index >= 15 is 0 Å². The first-order valence-corrected chi connectivity index (χ1v) is 6.77. The van der Waals surface area contributed by atoms with E-state index in [1.165, 1.54) is 18.4 Å². The maximum Gasteiger partial charge on any atom is 0.0208 e. The predicted octanol–water partition coefficient (Wildman–Crippen LogP) is 3.65. The molecule has 104 valence electrons. The van der Waals surface area contributed by atoms with Gasteiger partial charge in [-0.3, -0.25) is 0 Å². The second-order valence-electron chi connectivity index (χ2n) is 4.62. The van der Waals surface area contributed by atoms with Crippen LogP contribution in [0.4, 0.5) is 0 Å². The van der Waals surface area contributed by atoms with Gasteiger partial charge in [0.25, 0.3) is 0 Å². The van der Waals surface area contributed by atoms with Crippen LogP contribution in [0.2, 0.25) is 0 Å². The number of hydrogen-bond donors (Lipinski definition) is 2. The fraction of sp³-hybridized carbons (Fsp3) is 0.538. The van der Waals surface area contributed by atoms with Crippen LogP contribution in [-0.2, 0) is 6.54 Å². The maximum absolute atomic E-state index is 5.89. The summed E-state index contributed by atoms with van der Waals surface area (Å²) >= 11 is 3.49. The van der Waals surface area contributed by atoms with Gasteiger partial charge in [-0.15, -0.1) is 24.8 Å². The van der Waals surface area contributed by atoms with Crippen molar-refractivity contribution in [2.24, 2.45) is 5.73 Å². The van der Waals surface area contributed by atoms with Gasteiger partial charge >= 0.3 is 0 Å². The Morgan fingerprint density at radius 1 is 1.17 bits per heavy atom. The molecule has 18 heavy (non-hydrogen) atoms. The number of benzene rings is 1. The van der Waals surface area contributed by atoms with Gasteiger partial charge in [0.2, 0.25) is 0 Å². The van der Waals surface area contributed by atoms with Crippen molar-refractivity contribution in [1.29, 1.82) is 0 Å². The van der Waals surface area contributed by atoms with E-state index in [1.807, 2.05) is 0 Å². The molecule has 3 N–H and O–H groups in total. The Hall–Kier alpha value is 0.200. The zero-order chi connectivity index (χ0) is 11.4. The number of nitrogens with two attached hydrogens (primary N) is 1. The molecule has 0 heterocycles. The topological polar surface area (TPSA) is 38.0 Å². The lowest BCUT2D eigenvalue weighted by Gasteiger charge is -2.27. The Kier molecular flexibility index (Phi) is 9.26. The van der Waals surface area contributed by atoms with Gasteiger partial charge in [0.05, 0.1) is 0 Å². The molecule has 2 nitrogen and oxygen atoms in total. The maximum atomic E-state index is 5.89. The summed E-state index contributed by atoms with van der Waals surface area (Å²) in [7, 11) is 0. The summed E-state index contributed by atoms with van der Waals surface area (Å²) in [6.07, 6.45) is 4.76. The normalized spacial score (nSPS) is 22.8. The lowest BCUT2D eigenvalue weighted by Crippen LogP contribution is -2.37. The van der Waals surface area contributed by atoms with Crippen LogP contribution in [0.1, 0.15) is 31.2 Å². The van der Waals surface area contributed by atoms with Gasteiger partial charge in [-0.2, -0.15) is 0 Å². The van der Waals surface area contributed by atoms with Crippen molar-refractivity contribution in [2.75, 3.05) is 0 Å². The Bertz CT molecular complexity index is 342. The largest absolute Gasteiger partial charge is 0.328 e. The fourth-order valence-electron chi connectivity index (χ4n) is 2.23. The lowest BCUT2D eigenvalue weighted by molar-refractivity contribution is 0.342. The Balaban J connectivity index is 0.00000144. The van der Waals surface area contributed by atoms with Crippen LogP contribution in [0.3, 0.4) is 0 Å². The van der Waals surface area contributed by atoms with Gasteiger partial charge in [0.1, 0.15) is 0 Å². The van der Waals surface area contributed by atoms with E-state index in [1.54, 1.807) is 0 Å². The van der Waals surface area contributed by atoms with Gasteiger partial charge in [0.15, 0.2) is 0 Å². The second-order valence-corrected chi connectivity index (χ2v) is 5.54. The molecular weight excluding hydrogens is 335 g/mol. The van der Waals surface area contributed by atoms with E-state index in [0.717, 1.165) is 23.9 Å². The van der Waals surface area contributed by atoms with Crippen LogP contribution in [0.25, 0.3) is 0 Å². The molecule has 0 spiro atoms. The Morgan fingerprint density at radius 2 is 1.83 bits per heavy atom. The van der Waals surface area contributed by atoms with Crippen LogP contribution in [0.15, 0.2) is 28.7 Å². The second kappa shape index (κ2) is 9.16. The minimum absolute atomic E-state index is 0. The van der Waals surface area contributed by atoms with Crippen molar-refractivity contribution in [1.82, 2.24) is 5.32 Å². The molecule has 0 aromatic heterocycles. The van der Waals surface area contributed by atoms with Crippen LogP contribution in [0.5, 0.6) is 0 Å². The third-order valence-corrected chi connectivity index (χ3v) is 3.75. The molecule has 1 aliphatic rings. The molecule has 1 aromatic carbocycles. The van der Waals surface area contributed by atoms with Gasteiger partial charge in [-0.05, 0) is 43.4 Å². The van der Waals surface area contributed by atoms with Gasteiger partial charge in [0, 0.05) is 23.1 Å². The molecule has 2 rings (SSSR count). The first-order chi connectivity index (χ1) is 7.74.